The molecule has 0 radical (unpaired) electrons. The van der Waals surface area contributed by atoms with Crippen molar-refractivity contribution in [2.45, 2.75) is 0 Å². The molecule has 1 N–H and O–H groups in total. The molecule has 0 bridgehead atoms. The molecule has 0 aliphatic carbocycles. The van der Waals surface area contributed by atoms with E-state index in [4.69, 9.17) is 0 Å². The van der Waals surface area contributed by atoms with E-state index in [1.807, 2.05) is 55.7 Å². The van der Waals surface area contributed by atoms with E-state index in [1.54, 1.807) is 6.07 Å². The third kappa shape index (κ3) is 3.24. The molecule has 0 aliphatic heterocycles. The molecular formula is C18H16INO. The van der Waals surface area contributed by atoms with E-state index in [1.165, 1.54) is 10.9 Å². The van der Waals surface area contributed by atoms with Gasteiger partial charge in [0.15, 0.2) is 6.20 Å². The van der Waals surface area contributed by atoms with Gasteiger partial charge in [0.1, 0.15) is 12.8 Å². The summed E-state index contributed by atoms with van der Waals surface area (Å²) in [7, 11) is 2.04. The van der Waals surface area contributed by atoms with Gasteiger partial charge >= 0.3 is 0 Å². The fourth-order valence-electron chi connectivity index (χ4n) is 2.34. The first-order valence-corrected chi connectivity index (χ1v) is 6.59. The average molecular weight is 389 g/mol. The number of aryl methyl sites for hydroxylation is 1. The molecule has 0 atom stereocenters. The maximum Gasteiger partial charge on any atom is 0.212 e. The van der Waals surface area contributed by atoms with Crippen molar-refractivity contribution in [3.63, 3.8) is 0 Å². The number of benzene rings is 2. The van der Waals surface area contributed by atoms with Crippen molar-refractivity contribution >= 4 is 23.1 Å². The highest BCUT2D eigenvalue weighted by Gasteiger charge is 2.06. The Bertz CT molecular complexity index is 796. The van der Waals surface area contributed by atoms with Crippen LogP contribution in [-0.2, 0) is 7.05 Å². The molecule has 3 heteroatoms. The summed E-state index contributed by atoms with van der Waals surface area (Å²) in [5, 5.41) is 11.0. The van der Waals surface area contributed by atoms with Crippen LogP contribution in [0.15, 0.2) is 60.8 Å². The number of halogens is 1. The zero-order chi connectivity index (χ0) is 13.9. The van der Waals surface area contributed by atoms with Gasteiger partial charge in [-0.2, -0.15) is 0 Å². The minimum atomic E-state index is 0. The van der Waals surface area contributed by atoms with Gasteiger partial charge in [0, 0.05) is 17.7 Å². The topological polar surface area (TPSA) is 24.1 Å². The first-order chi connectivity index (χ1) is 9.75. The summed E-state index contributed by atoms with van der Waals surface area (Å²) in [6, 6.07) is 17.7. The minimum Gasteiger partial charge on any atom is -1.00 e. The van der Waals surface area contributed by atoms with Gasteiger partial charge < -0.3 is 29.1 Å². The fraction of sp³-hybridized carbons (Fsp3) is 0.0556. The molecule has 0 saturated carbocycles. The Morgan fingerprint density at radius 1 is 0.857 bits per heavy atom. The number of phenols is 1. The SMILES string of the molecule is C[n+]1ccc(/C=C/c2ccccc2O)c2ccccc21.[I-]. The Hall–Kier alpha value is -1.88. The summed E-state index contributed by atoms with van der Waals surface area (Å²) < 4.78 is 2.10. The third-order valence-corrected chi connectivity index (χ3v) is 3.45. The maximum absolute atomic E-state index is 9.79. The highest BCUT2D eigenvalue weighted by molar-refractivity contribution is 5.89. The lowest BCUT2D eigenvalue weighted by molar-refractivity contribution is -0.644. The molecule has 0 aliphatic rings. The standard InChI is InChI=1S/C18H15NO.HI/c1-19-13-12-14(16-7-3-4-8-17(16)19)10-11-15-6-2-5-9-18(15)20;/h2-13H,1H3;1H. The quantitative estimate of drug-likeness (QED) is 0.503. The summed E-state index contributed by atoms with van der Waals surface area (Å²) in [5.41, 5.74) is 3.15. The van der Waals surface area contributed by atoms with Crippen molar-refractivity contribution in [1.82, 2.24) is 0 Å². The Morgan fingerprint density at radius 3 is 2.33 bits per heavy atom. The van der Waals surface area contributed by atoms with Crippen LogP contribution < -0.4 is 28.5 Å². The monoisotopic (exact) mass is 389 g/mol. The van der Waals surface area contributed by atoms with Crippen LogP contribution in [0.1, 0.15) is 11.1 Å². The van der Waals surface area contributed by atoms with E-state index in [-0.39, 0.29) is 24.0 Å². The molecule has 1 heterocycles. The van der Waals surface area contributed by atoms with Crippen molar-refractivity contribution in [1.29, 1.82) is 0 Å². The van der Waals surface area contributed by atoms with Gasteiger partial charge in [-0.05, 0) is 17.7 Å². The van der Waals surface area contributed by atoms with Crippen LogP contribution in [0.2, 0.25) is 0 Å². The summed E-state index contributed by atoms with van der Waals surface area (Å²) in [5.74, 6) is 0.301. The van der Waals surface area contributed by atoms with Crippen LogP contribution in [0.5, 0.6) is 5.75 Å². The van der Waals surface area contributed by atoms with Gasteiger partial charge in [0.05, 0.1) is 5.39 Å². The lowest BCUT2D eigenvalue weighted by atomic mass is 10.1. The Kier molecular flexibility index (Phi) is 4.96. The van der Waals surface area contributed by atoms with Crippen LogP contribution in [0.25, 0.3) is 23.1 Å². The number of phenolic OH excluding ortho intramolecular Hbond substituents is 1. The summed E-state index contributed by atoms with van der Waals surface area (Å²) in [6.07, 6.45) is 6.03. The number of rotatable bonds is 2. The molecule has 0 saturated heterocycles. The lowest BCUT2D eigenvalue weighted by Crippen LogP contribution is -3.00. The minimum absolute atomic E-state index is 0. The van der Waals surface area contributed by atoms with Crippen molar-refractivity contribution in [2.24, 2.45) is 7.05 Å². The molecule has 106 valence electrons. The van der Waals surface area contributed by atoms with Crippen molar-refractivity contribution in [2.75, 3.05) is 0 Å². The van der Waals surface area contributed by atoms with E-state index < -0.39 is 0 Å². The van der Waals surface area contributed by atoms with Crippen LogP contribution in [0.3, 0.4) is 0 Å². The van der Waals surface area contributed by atoms with Crippen LogP contribution in [0, 0.1) is 0 Å². The average Bonchev–Trinajstić information content (AvgIpc) is 2.48. The lowest BCUT2D eigenvalue weighted by Gasteiger charge is -2.01. The Balaban J connectivity index is 0.00000161. The molecule has 21 heavy (non-hydrogen) atoms. The van der Waals surface area contributed by atoms with E-state index in [2.05, 4.69) is 22.8 Å². The summed E-state index contributed by atoms with van der Waals surface area (Å²) in [6.45, 7) is 0. The normalized spacial score (nSPS) is 10.7. The number of hydrogen-bond acceptors (Lipinski definition) is 1. The third-order valence-electron chi connectivity index (χ3n) is 3.45. The molecule has 2 nitrogen and oxygen atoms in total. The molecule has 0 unspecified atom stereocenters. The van der Waals surface area contributed by atoms with E-state index >= 15 is 0 Å². The number of fused-ring (bicyclic) bond motifs is 1. The van der Waals surface area contributed by atoms with E-state index in [0.29, 0.717) is 5.75 Å². The predicted molar refractivity (Wildman–Crippen MR) is 82.2 cm³/mol. The van der Waals surface area contributed by atoms with Crippen LogP contribution in [-0.4, -0.2) is 5.11 Å². The second-order valence-corrected chi connectivity index (χ2v) is 4.79. The summed E-state index contributed by atoms with van der Waals surface area (Å²) >= 11 is 0. The van der Waals surface area contributed by atoms with Gasteiger partial charge in [-0.3, -0.25) is 0 Å². The summed E-state index contributed by atoms with van der Waals surface area (Å²) in [4.78, 5) is 0. The first kappa shape index (κ1) is 15.5. The fourth-order valence-corrected chi connectivity index (χ4v) is 2.34. The van der Waals surface area contributed by atoms with Gasteiger partial charge in [-0.25, -0.2) is 4.57 Å². The second kappa shape index (κ2) is 6.72. The zero-order valence-electron chi connectivity index (χ0n) is 11.7. The predicted octanol–water partition coefficient (Wildman–Crippen LogP) is 0.544. The number of hydrogen-bond donors (Lipinski definition) is 1. The molecule has 3 rings (SSSR count). The zero-order valence-corrected chi connectivity index (χ0v) is 13.9. The number of nitrogens with zero attached hydrogens (tertiary/aromatic N) is 1. The van der Waals surface area contributed by atoms with E-state index in [9.17, 15) is 5.11 Å². The maximum atomic E-state index is 9.79. The van der Waals surface area contributed by atoms with Crippen molar-refractivity contribution < 1.29 is 33.7 Å². The second-order valence-electron chi connectivity index (χ2n) is 4.79. The van der Waals surface area contributed by atoms with Gasteiger partial charge in [-0.15, -0.1) is 0 Å². The van der Waals surface area contributed by atoms with Gasteiger partial charge in [0.2, 0.25) is 5.52 Å². The smallest absolute Gasteiger partial charge is 0.212 e. The molecule has 1 aromatic heterocycles. The van der Waals surface area contributed by atoms with E-state index in [0.717, 1.165) is 11.1 Å². The molecule has 0 amide bonds. The molecule has 0 spiro atoms. The molecule has 2 aromatic carbocycles. The molecular weight excluding hydrogens is 373 g/mol. The largest absolute Gasteiger partial charge is 1.00 e. The number of para-hydroxylation sites is 2. The van der Waals surface area contributed by atoms with Gasteiger partial charge in [0.25, 0.3) is 0 Å². The van der Waals surface area contributed by atoms with Crippen LogP contribution in [0.4, 0.5) is 0 Å². The highest BCUT2D eigenvalue weighted by atomic mass is 127. The van der Waals surface area contributed by atoms with Crippen molar-refractivity contribution in [3.05, 3.63) is 71.9 Å². The number of aromatic nitrogens is 1. The molecule has 3 aromatic rings. The first-order valence-electron chi connectivity index (χ1n) is 6.59. The van der Waals surface area contributed by atoms with Gasteiger partial charge in [-0.1, -0.05) is 42.5 Å². The molecule has 0 fully saturated rings. The number of aromatic hydroxyl groups is 1. The highest BCUT2D eigenvalue weighted by Crippen LogP contribution is 2.21. The Labute approximate surface area is 141 Å². The Morgan fingerprint density at radius 2 is 1.52 bits per heavy atom. The van der Waals surface area contributed by atoms with Crippen LogP contribution >= 0.6 is 0 Å². The van der Waals surface area contributed by atoms with Crippen molar-refractivity contribution in [3.8, 4) is 5.75 Å². The number of pyridine rings is 1.